The van der Waals surface area contributed by atoms with Crippen LogP contribution in [0.15, 0.2) is 23.1 Å². The number of aromatic nitrogens is 3. The molecule has 0 bridgehead atoms. The second-order valence-corrected chi connectivity index (χ2v) is 10.8. The number of likely N-dealkylation sites (tertiary alicyclic amines) is 1. The summed E-state index contributed by atoms with van der Waals surface area (Å²) >= 11 is 0. The van der Waals surface area contributed by atoms with Crippen molar-refractivity contribution < 1.29 is 0 Å². The topological polar surface area (TPSA) is 66.3 Å². The first kappa shape index (κ1) is 21.5. The fraction of sp³-hybridized carbons (Fsp3) is 0.731. The molecule has 0 spiro atoms. The Balaban J connectivity index is 1.26. The molecule has 3 saturated heterocycles. The molecule has 1 aliphatic carbocycles. The highest BCUT2D eigenvalue weighted by Gasteiger charge is 2.38. The lowest BCUT2D eigenvalue weighted by Crippen LogP contribution is -2.44. The molecule has 5 heterocycles. The summed E-state index contributed by atoms with van der Waals surface area (Å²) in [6.45, 7) is 6.17. The normalized spacial score (nSPS) is 28.2. The number of piperidine rings is 1. The molecular formula is C26H38N6O. The molecule has 6 rings (SSSR count). The Kier molecular flexibility index (Phi) is 6.09. The zero-order chi connectivity index (χ0) is 22.2. The van der Waals surface area contributed by atoms with Crippen molar-refractivity contribution in [1.82, 2.24) is 24.8 Å². The number of hydrogen-bond acceptors (Lipinski definition) is 6. The average Bonchev–Trinajstić information content (AvgIpc) is 3.41. The molecule has 2 atom stereocenters. The third-order valence-corrected chi connectivity index (χ3v) is 8.79. The van der Waals surface area contributed by atoms with Crippen LogP contribution in [0.3, 0.4) is 0 Å². The van der Waals surface area contributed by atoms with E-state index in [4.69, 9.17) is 4.98 Å². The number of anilines is 1. The standard InChI is InChI=1S/C26H38N6O/c33-26-25(31-17-19-15-27-16-20(19)18-31)29-24-23(9-6-12-28-24)32(26)22-10-13-30(14-11-22)21-7-4-2-1-3-5-8-21/h6,9,12,19-22,27H,1-5,7-8,10-11,13-18H2. The van der Waals surface area contributed by atoms with Gasteiger partial charge >= 0.3 is 0 Å². The van der Waals surface area contributed by atoms with Gasteiger partial charge in [-0.25, -0.2) is 9.97 Å². The van der Waals surface area contributed by atoms with Crippen molar-refractivity contribution in [3.05, 3.63) is 28.7 Å². The number of fused-ring (bicyclic) bond motifs is 2. The van der Waals surface area contributed by atoms with Crippen molar-refractivity contribution in [3.63, 3.8) is 0 Å². The van der Waals surface area contributed by atoms with Crippen molar-refractivity contribution in [3.8, 4) is 0 Å². The average molecular weight is 451 g/mol. The van der Waals surface area contributed by atoms with Crippen LogP contribution in [-0.2, 0) is 0 Å². The van der Waals surface area contributed by atoms with Gasteiger partial charge < -0.3 is 15.1 Å². The van der Waals surface area contributed by atoms with Crippen LogP contribution >= 0.6 is 0 Å². The van der Waals surface area contributed by atoms with Gasteiger partial charge in [-0.3, -0.25) is 9.36 Å². The van der Waals surface area contributed by atoms with Gasteiger partial charge in [-0.1, -0.05) is 32.1 Å². The summed E-state index contributed by atoms with van der Waals surface area (Å²) in [6.07, 6.45) is 13.5. The zero-order valence-corrected chi connectivity index (χ0v) is 19.8. The predicted octanol–water partition coefficient (Wildman–Crippen LogP) is 3.20. The van der Waals surface area contributed by atoms with Crippen molar-refractivity contribution in [2.75, 3.05) is 44.2 Å². The van der Waals surface area contributed by atoms with Gasteiger partial charge in [-0.2, -0.15) is 0 Å². The van der Waals surface area contributed by atoms with E-state index >= 15 is 0 Å². The number of nitrogens with one attached hydrogen (secondary N) is 1. The molecule has 4 aliphatic rings. The highest BCUT2D eigenvalue weighted by Crippen LogP contribution is 2.32. The Morgan fingerprint density at radius 1 is 0.879 bits per heavy atom. The smallest absolute Gasteiger partial charge is 0.294 e. The maximum Gasteiger partial charge on any atom is 0.294 e. The molecule has 7 nitrogen and oxygen atoms in total. The van der Waals surface area contributed by atoms with Gasteiger partial charge in [-0.15, -0.1) is 0 Å². The van der Waals surface area contributed by atoms with Crippen LogP contribution in [0.25, 0.3) is 11.2 Å². The van der Waals surface area contributed by atoms with E-state index in [0.29, 0.717) is 23.3 Å². The number of rotatable bonds is 3. The fourth-order valence-electron chi connectivity index (χ4n) is 6.93. The summed E-state index contributed by atoms with van der Waals surface area (Å²) < 4.78 is 2.06. The van der Waals surface area contributed by atoms with E-state index in [1.807, 2.05) is 12.1 Å². The van der Waals surface area contributed by atoms with E-state index in [9.17, 15) is 4.79 Å². The molecule has 33 heavy (non-hydrogen) atoms. The Morgan fingerprint density at radius 3 is 2.30 bits per heavy atom. The van der Waals surface area contributed by atoms with Crippen molar-refractivity contribution in [2.24, 2.45) is 11.8 Å². The summed E-state index contributed by atoms with van der Waals surface area (Å²) in [5, 5.41) is 3.49. The summed E-state index contributed by atoms with van der Waals surface area (Å²) in [7, 11) is 0. The van der Waals surface area contributed by atoms with Gasteiger partial charge in [0.1, 0.15) is 0 Å². The van der Waals surface area contributed by atoms with Crippen LogP contribution in [0, 0.1) is 11.8 Å². The number of pyridine rings is 1. The van der Waals surface area contributed by atoms with Gasteiger partial charge in [0.05, 0.1) is 5.52 Å². The first-order valence-corrected chi connectivity index (χ1v) is 13.3. The number of nitrogens with zero attached hydrogens (tertiary/aromatic N) is 5. The van der Waals surface area contributed by atoms with E-state index in [1.54, 1.807) is 6.20 Å². The van der Waals surface area contributed by atoms with Crippen LogP contribution in [0.2, 0.25) is 0 Å². The molecule has 1 saturated carbocycles. The Hall–Kier alpha value is -1.99. The van der Waals surface area contributed by atoms with E-state index in [1.165, 1.54) is 44.9 Å². The highest BCUT2D eigenvalue weighted by atomic mass is 16.1. The largest absolute Gasteiger partial charge is 0.351 e. The van der Waals surface area contributed by atoms with Crippen molar-refractivity contribution >= 4 is 17.0 Å². The van der Waals surface area contributed by atoms with Crippen LogP contribution in [0.1, 0.15) is 63.8 Å². The minimum Gasteiger partial charge on any atom is -0.351 e. The van der Waals surface area contributed by atoms with Crippen LogP contribution in [-0.4, -0.2) is 64.7 Å². The minimum absolute atomic E-state index is 0.0906. The van der Waals surface area contributed by atoms with Gasteiger partial charge in [0.2, 0.25) is 0 Å². The van der Waals surface area contributed by atoms with Gasteiger partial charge in [-0.05, 0) is 49.7 Å². The predicted molar refractivity (Wildman–Crippen MR) is 132 cm³/mol. The van der Waals surface area contributed by atoms with E-state index in [2.05, 4.69) is 24.7 Å². The maximum atomic E-state index is 13.9. The third-order valence-electron chi connectivity index (χ3n) is 8.79. The van der Waals surface area contributed by atoms with Gasteiger partial charge in [0, 0.05) is 57.5 Å². The molecule has 2 aromatic heterocycles. The van der Waals surface area contributed by atoms with Crippen molar-refractivity contribution in [1.29, 1.82) is 0 Å². The molecule has 178 valence electrons. The van der Waals surface area contributed by atoms with Crippen molar-refractivity contribution in [2.45, 2.75) is 69.9 Å². The Morgan fingerprint density at radius 2 is 1.58 bits per heavy atom. The molecular weight excluding hydrogens is 412 g/mol. The second kappa shape index (κ2) is 9.34. The van der Waals surface area contributed by atoms with Crippen LogP contribution in [0.5, 0.6) is 0 Å². The number of hydrogen-bond donors (Lipinski definition) is 1. The van der Waals surface area contributed by atoms with Crippen LogP contribution < -0.4 is 15.8 Å². The minimum atomic E-state index is 0.0906. The summed E-state index contributed by atoms with van der Waals surface area (Å²) in [6, 6.07) is 4.95. The summed E-state index contributed by atoms with van der Waals surface area (Å²) in [5.41, 5.74) is 1.70. The van der Waals surface area contributed by atoms with Crippen LogP contribution in [0.4, 0.5) is 5.82 Å². The van der Waals surface area contributed by atoms with Gasteiger partial charge in [0.15, 0.2) is 11.5 Å². The first-order chi connectivity index (χ1) is 16.3. The second-order valence-electron chi connectivity index (χ2n) is 10.8. The Bertz CT molecular complexity index is 1010. The third kappa shape index (κ3) is 4.18. The molecule has 1 N–H and O–H groups in total. The summed E-state index contributed by atoms with van der Waals surface area (Å²) in [5.74, 6) is 1.88. The van der Waals surface area contributed by atoms with Gasteiger partial charge in [0.25, 0.3) is 5.56 Å². The molecule has 0 radical (unpaired) electrons. The molecule has 3 aliphatic heterocycles. The molecule has 4 fully saturated rings. The van der Waals surface area contributed by atoms with E-state index in [-0.39, 0.29) is 11.6 Å². The Labute approximate surface area is 196 Å². The lowest BCUT2D eigenvalue weighted by atomic mass is 9.93. The quantitative estimate of drug-likeness (QED) is 0.775. The molecule has 0 amide bonds. The molecule has 0 aromatic carbocycles. The van der Waals surface area contributed by atoms with E-state index in [0.717, 1.165) is 63.7 Å². The molecule has 7 heteroatoms. The highest BCUT2D eigenvalue weighted by molar-refractivity contribution is 5.72. The molecule has 2 aromatic rings. The summed E-state index contributed by atoms with van der Waals surface area (Å²) in [4.78, 5) is 28.2. The molecule has 2 unspecified atom stereocenters. The fourth-order valence-corrected chi connectivity index (χ4v) is 6.93. The first-order valence-electron chi connectivity index (χ1n) is 13.3. The maximum absolute atomic E-state index is 13.9. The SMILES string of the molecule is O=c1c(N2CC3CNCC3C2)nc2ncccc2n1C1CCN(C2CCCCCCC2)CC1. The zero-order valence-electron chi connectivity index (χ0n) is 19.8. The monoisotopic (exact) mass is 450 g/mol. The lowest BCUT2D eigenvalue weighted by molar-refractivity contribution is 0.116. The lowest BCUT2D eigenvalue weighted by Gasteiger charge is -2.39. The van der Waals surface area contributed by atoms with E-state index < -0.39 is 0 Å².